The first-order valence-electron chi connectivity index (χ1n) is 5.39. The van der Waals surface area contributed by atoms with Gasteiger partial charge >= 0.3 is 12.1 Å². The van der Waals surface area contributed by atoms with Gasteiger partial charge in [-0.05, 0) is 12.7 Å². The fourth-order valence-corrected chi connectivity index (χ4v) is 1.30. The zero-order chi connectivity index (χ0) is 13.1. The Morgan fingerprint density at radius 1 is 1.29 bits per heavy atom. The average Bonchev–Trinajstić information content (AvgIpc) is 2.29. The van der Waals surface area contributed by atoms with Crippen LogP contribution in [0.15, 0.2) is 12.2 Å². The van der Waals surface area contributed by atoms with Crippen LogP contribution in [0.5, 0.6) is 0 Å². The molecule has 0 atom stereocenters. The maximum Gasteiger partial charge on any atom is 0.407 e. The number of ether oxygens (including phenoxy) is 2. The standard InChI is InChI=1S/C11H19NO4S/c1-4-17-8-7-16-11(14)12-5-6-15-10(13)9(2)3/h2,4-8H2,1,3H3,(H,12,14). The first kappa shape index (κ1) is 15.8. The van der Waals surface area contributed by atoms with Gasteiger partial charge < -0.3 is 14.8 Å². The van der Waals surface area contributed by atoms with Crippen LogP contribution in [0.1, 0.15) is 13.8 Å². The predicted molar refractivity (Wildman–Crippen MR) is 68.1 cm³/mol. The van der Waals surface area contributed by atoms with Gasteiger partial charge in [-0.3, -0.25) is 0 Å². The first-order valence-corrected chi connectivity index (χ1v) is 6.54. The molecule has 0 aromatic carbocycles. The molecule has 0 aromatic heterocycles. The maximum absolute atomic E-state index is 11.1. The van der Waals surface area contributed by atoms with E-state index in [4.69, 9.17) is 9.47 Å². The van der Waals surface area contributed by atoms with Crippen molar-refractivity contribution in [3.8, 4) is 0 Å². The molecule has 0 aromatic rings. The molecule has 0 aliphatic heterocycles. The molecule has 17 heavy (non-hydrogen) atoms. The minimum atomic E-state index is -0.493. The van der Waals surface area contributed by atoms with Crippen molar-refractivity contribution in [2.45, 2.75) is 13.8 Å². The Hall–Kier alpha value is -1.17. The molecular formula is C11H19NO4S. The second kappa shape index (κ2) is 10.0. The number of alkyl carbamates (subject to hydrolysis) is 1. The Bertz CT molecular complexity index is 268. The van der Waals surface area contributed by atoms with Crippen molar-refractivity contribution in [3.63, 3.8) is 0 Å². The molecule has 0 aliphatic carbocycles. The monoisotopic (exact) mass is 261 g/mol. The highest BCUT2D eigenvalue weighted by molar-refractivity contribution is 7.99. The van der Waals surface area contributed by atoms with E-state index in [1.165, 1.54) is 0 Å². The Labute approximate surface area is 106 Å². The van der Waals surface area contributed by atoms with Crippen molar-refractivity contribution in [1.29, 1.82) is 0 Å². The molecule has 98 valence electrons. The average molecular weight is 261 g/mol. The third-order valence-electron chi connectivity index (χ3n) is 1.62. The van der Waals surface area contributed by atoms with Gasteiger partial charge in [-0.25, -0.2) is 9.59 Å². The summed E-state index contributed by atoms with van der Waals surface area (Å²) in [7, 11) is 0. The lowest BCUT2D eigenvalue weighted by Gasteiger charge is -2.07. The zero-order valence-electron chi connectivity index (χ0n) is 10.3. The lowest BCUT2D eigenvalue weighted by atomic mass is 10.4. The molecule has 0 fully saturated rings. The Morgan fingerprint density at radius 3 is 2.59 bits per heavy atom. The van der Waals surface area contributed by atoms with E-state index < -0.39 is 12.1 Å². The molecule has 0 saturated carbocycles. The van der Waals surface area contributed by atoms with Crippen LogP contribution in [0, 0.1) is 0 Å². The van der Waals surface area contributed by atoms with Gasteiger partial charge in [-0.1, -0.05) is 13.5 Å². The molecule has 6 heteroatoms. The first-order chi connectivity index (χ1) is 8.07. The molecule has 1 N–H and O–H groups in total. The van der Waals surface area contributed by atoms with Crippen molar-refractivity contribution in [2.75, 3.05) is 31.3 Å². The minimum Gasteiger partial charge on any atom is -0.460 e. The predicted octanol–water partition coefficient (Wildman–Crippen LogP) is 1.58. The van der Waals surface area contributed by atoms with Crippen LogP contribution in [0.2, 0.25) is 0 Å². The van der Waals surface area contributed by atoms with Gasteiger partial charge in [-0.2, -0.15) is 11.8 Å². The van der Waals surface area contributed by atoms with E-state index in [1.807, 2.05) is 6.92 Å². The van der Waals surface area contributed by atoms with Crippen molar-refractivity contribution in [1.82, 2.24) is 5.32 Å². The fraction of sp³-hybridized carbons (Fsp3) is 0.636. The van der Waals surface area contributed by atoms with Crippen LogP contribution in [0.25, 0.3) is 0 Å². The minimum absolute atomic E-state index is 0.116. The number of amides is 1. The highest BCUT2D eigenvalue weighted by Gasteiger charge is 2.04. The van der Waals surface area contributed by atoms with E-state index in [9.17, 15) is 9.59 Å². The molecule has 0 spiro atoms. The number of carbonyl (C=O) groups is 2. The van der Waals surface area contributed by atoms with E-state index >= 15 is 0 Å². The van der Waals surface area contributed by atoms with Gasteiger partial charge in [0.25, 0.3) is 0 Å². The Morgan fingerprint density at radius 2 is 2.00 bits per heavy atom. The number of hydrogen-bond donors (Lipinski definition) is 1. The summed E-state index contributed by atoms with van der Waals surface area (Å²) in [5.74, 6) is 1.33. The molecule has 0 aliphatic rings. The van der Waals surface area contributed by atoms with Crippen molar-refractivity contribution >= 4 is 23.8 Å². The smallest absolute Gasteiger partial charge is 0.407 e. The van der Waals surface area contributed by atoms with Crippen LogP contribution in [-0.4, -0.2) is 43.3 Å². The molecule has 5 nitrogen and oxygen atoms in total. The molecule has 0 saturated heterocycles. The van der Waals surface area contributed by atoms with Crippen LogP contribution >= 0.6 is 11.8 Å². The molecule has 0 bridgehead atoms. The largest absolute Gasteiger partial charge is 0.460 e. The van der Waals surface area contributed by atoms with Crippen LogP contribution in [-0.2, 0) is 14.3 Å². The van der Waals surface area contributed by atoms with Gasteiger partial charge in [0.1, 0.15) is 13.2 Å². The Kier molecular flexibility index (Phi) is 9.33. The molecule has 0 rings (SSSR count). The quantitative estimate of drug-likeness (QED) is 0.408. The molecule has 0 radical (unpaired) electrons. The van der Waals surface area contributed by atoms with Gasteiger partial charge in [0.15, 0.2) is 0 Å². The van der Waals surface area contributed by atoms with Gasteiger partial charge in [0.05, 0.1) is 6.54 Å². The number of hydrogen-bond acceptors (Lipinski definition) is 5. The molecule has 1 amide bonds. The third kappa shape index (κ3) is 9.74. The SMILES string of the molecule is C=C(C)C(=O)OCCNC(=O)OCCSCC. The molecule has 0 unspecified atom stereocenters. The normalized spacial score (nSPS) is 9.53. The second-order valence-electron chi connectivity index (χ2n) is 3.18. The number of carbonyl (C=O) groups excluding carboxylic acids is 2. The summed E-state index contributed by atoms with van der Waals surface area (Å²) >= 11 is 1.70. The van der Waals surface area contributed by atoms with E-state index in [0.29, 0.717) is 12.2 Å². The van der Waals surface area contributed by atoms with Crippen molar-refractivity contribution in [3.05, 3.63) is 12.2 Å². The van der Waals surface area contributed by atoms with Crippen LogP contribution < -0.4 is 5.32 Å². The lowest BCUT2D eigenvalue weighted by molar-refractivity contribution is -0.138. The van der Waals surface area contributed by atoms with Crippen molar-refractivity contribution in [2.24, 2.45) is 0 Å². The Balaban J connectivity index is 3.39. The van der Waals surface area contributed by atoms with E-state index in [2.05, 4.69) is 11.9 Å². The number of nitrogens with one attached hydrogen (secondary N) is 1. The van der Waals surface area contributed by atoms with Crippen LogP contribution in [0.4, 0.5) is 4.79 Å². The van der Waals surface area contributed by atoms with E-state index in [-0.39, 0.29) is 13.2 Å². The fourth-order valence-electron chi connectivity index (χ4n) is 0.809. The summed E-state index contributed by atoms with van der Waals surface area (Å²) < 4.78 is 9.65. The van der Waals surface area contributed by atoms with Gasteiger partial charge in [0, 0.05) is 11.3 Å². The van der Waals surface area contributed by atoms with Crippen LogP contribution in [0.3, 0.4) is 0 Å². The van der Waals surface area contributed by atoms with Gasteiger partial charge in [-0.15, -0.1) is 0 Å². The molecular weight excluding hydrogens is 242 g/mol. The zero-order valence-corrected chi connectivity index (χ0v) is 11.1. The summed E-state index contributed by atoms with van der Waals surface area (Å²) in [5, 5.41) is 2.48. The third-order valence-corrected chi connectivity index (χ3v) is 2.48. The maximum atomic E-state index is 11.1. The summed E-state index contributed by atoms with van der Waals surface area (Å²) in [5.41, 5.74) is 0.337. The molecule has 0 heterocycles. The summed E-state index contributed by atoms with van der Waals surface area (Å²) in [6.45, 7) is 7.78. The van der Waals surface area contributed by atoms with Crippen molar-refractivity contribution < 1.29 is 19.1 Å². The number of esters is 1. The lowest BCUT2D eigenvalue weighted by Crippen LogP contribution is -2.29. The van der Waals surface area contributed by atoms with E-state index in [1.54, 1.807) is 18.7 Å². The highest BCUT2D eigenvalue weighted by Crippen LogP contribution is 1.97. The summed E-state index contributed by atoms with van der Waals surface area (Å²) in [6.07, 6.45) is -0.493. The van der Waals surface area contributed by atoms with E-state index in [0.717, 1.165) is 11.5 Å². The summed E-state index contributed by atoms with van der Waals surface area (Å²) in [6, 6.07) is 0. The van der Waals surface area contributed by atoms with Gasteiger partial charge in [0.2, 0.25) is 0 Å². The topological polar surface area (TPSA) is 64.6 Å². The number of rotatable bonds is 8. The number of thioether (sulfide) groups is 1. The summed E-state index contributed by atoms with van der Waals surface area (Å²) in [4.78, 5) is 22.0. The highest BCUT2D eigenvalue weighted by atomic mass is 32.2. The second-order valence-corrected chi connectivity index (χ2v) is 4.57.